The summed E-state index contributed by atoms with van der Waals surface area (Å²) in [6, 6.07) is 2.97. The van der Waals surface area contributed by atoms with E-state index in [2.05, 4.69) is 5.10 Å². The van der Waals surface area contributed by atoms with Crippen molar-refractivity contribution in [2.24, 2.45) is 11.8 Å². The molecule has 1 aromatic rings. The van der Waals surface area contributed by atoms with Crippen LogP contribution in [0.25, 0.3) is 0 Å². The molecule has 0 aliphatic carbocycles. The van der Waals surface area contributed by atoms with Gasteiger partial charge in [0.15, 0.2) is 5.78 Å². The van der Waals surface area contributed by atoms with Crippen LogP contribution in [0.4, 0.5) is 0 Å². The van der Waals surface area contributed by atoms with Crippen molar-refractivity contribution in [3.63, 3.8) is 0 Å². The Bertz CT molecular complexity index is 396. The van der Waals surface area contributed by atoms with Gasteiger partial charge in [0.25, 0.3) is 5.56 Å². The molecule has 4 heteroatoms. The quantitative estimate of drug-likeness (QED) is 0.744. The molecule has 0 fully saturated rings. The van der Waals surface area contributed by atoms with Gasteiger partial charge in [0.1, 0.15) is 6.54 Å². The summed E-state index contributed by atoms with van der Waals surface area (Å²) in [6.45, 7) is 5.92. The van der Waals surface area contributed by atoms with Crippen molar-refractivity contribution >= 4 is 5.78 Å². The zero-order chi connectivity index (χ0) is 11.4. The van der Waals surface area contributed by atoms with Gasteiger partial charge in [-0.2, -0.15) is 5.10 Å². The van der Waals surface area contributed by atoms with Crippen LogP contribution in [-0.4, -0.2) is 15.6 Å². The first-order valence-corrected chi connectivity index (χ1v) is 5.07. The summed E-state index contributed by atoms with van der Waals surface area (Å²) in [7, 11) is 0. The van der Waals surface area contributed by atoms with E-state index >= 15 is 0 Å². The molecule has 0 spiro atoms. The first kappa shape index (κ1) is 11.6. The lowest BCUT2D eigenvalue weighted by molar-refractivity contribution is -0.124. The standard InChI is InChI=1S/C11H16N2O2/c1-8(2)9(3)10(14)7-13-11(15)5-4-6-12-13/h4-6,8-9H,7H2,1-3H3. The van der Waals surface area contributed by atoms with Crippen LogP contribution in [0.15, 0.2) is 23.1 Å². The van der Waals surface area contributed by atoms with Gasteiger partial charge in [-0.3, -0.25) is 9.59 Å². The molecule has 0 aromatic carbocycles. The van der Waals surface area contributed by atoms with Gasteiger partial charge in [-0.1, -0.05) is 20.8 Å². The highest BCUT2D eigenvalue weighted by atomic mass is 16.1. The first-order chi connectivity index (χ1) is 7.02. The molecular formula is C11H16N2O2. The number of hydrogen-bond acceptors (Lipinski definition) is 3. The van der Waals surface area contributed by atoms with Crippen molar-refractivity contribution in [2.45, 2.75) is 27.3 Å². The lowest BCUT2D eigenvalue weighted by Crippen LogP contribution is -2.29. The van der Waals surface area contributed by atoms with E-state index in [1.165, 1.54) is 16.9 Å². The molecule has 0 amide bonds. The van der Waals surface area contributed by atoms with Gasteiger partial charge in [-0.15, -0.1) is 0 Å². The maximum atomic E-state index is 11.7. The van der Waals surface area contributed by atoms with Crippen LogP contribution in [0, 0.1) is 11.8 Å². The molecule has 0 bridgehead atoms. The topological polar surface area (TPSA) is 52.0 Å². The van der Waals surface area contributed by atoms with Crippen LogP contribution in [0.5, 0.6) is 0 Å². The van der Waals surface area contributed by atoms with Gasteiger partial charge in [0, 0.05) is 18.2 Å². The highest BCUT2D eigenvalue weighted by molar-refractivity contribution is 5.80. The minimum Gasteiger partial charge on any atom is -0.297 e. The molecule has 0 N–H and O–H groups in total. The number of hydrogen-bond donors (Lipinski definition) is 0. The summed E-state index contributed by atoms with van der Waals surface area (Å²) >= 11 is 0. The molecule has 1 unspecified atom stereocenters. The summed E-state index contributed by atoms with van der Waals surface area (Å²) in [5, 5.41) is 3.84. The summed E-state index contributed by atoms with van der Waals surface area (Å²) in [6.07, 6.45) is 1.51. The largest absolute Gasteiger partial charge is 0.297 e. The molecule has 1 rings (SSSR count). The Hall–Kier alpha value is -1.45. The van der Waals surface area contributed by atoms with Crippen LogP contribution in [0.3, 0.4) is 0 Å². The molecule has 1 heterocycles. The molecule has 1 atom stereocenters. The lowest BCUT2D eigenvalue weighted by Gasteiger charge is -2.13. The van der Waals surface area contributed by atoms with E-state index in [0.29, 0.717) is 0 Å². The monoisotopic (exact) mass is 208 g/mol. The summed E-state index contributed by atoms with van der Waals surface area (Å²) < 4.78 is 1.20. The number of Topliss-reactive ketones (excluding diaryl/α,β-unsaturated/α-hetero) is 1. The van der Waals surface area contributed by atoms with Crippen molar-refractivity contribution in [1.82, 2.24) is 9.78 Å². The average Bonchev–Trinajstić information content (AvgIpc) is 2.20. The second kappa shape index (κ2) is 4.87. The number of ketones is 1. The zero-order valence-electron chi connectivity index (χ0n) is 9.30. The fraction of sp³-hybridized carbons (Fsp3) is 0.545. The highest BCUT2D eigenvalue weighted by Crippen LogP contribution is 2.10. The fourth-order valence-corrected chi connectivity index (χ4v) is 1.17. The minimum atomic E-state index is -0.234. The van der Waals surface area contributed by atoms with Gasteiger partial charge in [-0.25, -0.2) is 4.68 Å². The minimum absolute atomic E-state index is 0.0427. The van der Waals surface area contributed by atoms with Gasteiger partial charge >= 0.3 is 0 Å². The second-order valence-electron chi connectivity index (χ2n) is 4.02. The normalized spacial score (nSPS) is 12.8. The molecule has 0 aliphatic heterocycles. The second-order valence-corrected chi connectivity index (χ2v) is 4.02. The van der Waals surface area contributed by atoms with Gasteiger partial charge in [0.05, 0.1) is 0 Å². The van der Waals surface area contributed by atoms with Gasteiger partial charge in [-0.05, 0) is 12.0 Å². The third kappa shape index (κ3) is 3.01. The molecule has 0 aliphatic rings. The van der Waals surface area contributed by atoms with E-state index in [-0.39, 0.29) is 29.7 Å². The zero-order valence-corrected chi connectivity index (χ0v) is 9.30. The molecule has 0 saturated carbocycles. The Balaban J connectivity index is 2.75. The number of nitrogens with zero attached hydrogens (tertiary/aromatic N) is 2. The predicted octanol–water partition coefficient (Wildman–Crippen LogP) is 1.10. The van der Waals surface area contributed by atoms with E-state index in [0.717, 1.165) is 0 Å². The Morgan fingerprint density at radius 1 is 1.47 bits per heavy atom. The summed E-state index contributed by atoms with van der Waals surface area (Å²) in [5.74, 6) is 0.293. The van der Waals surface area contributed by atoms with Gasteiger partial charge < -0.3 is 0 Å². The average molecular weight is 208 g/mol. The van der Waals surface area contributed by atoms with E-state index in [4.69, 9.17) is 0 Å². The van der Waals surface area contributed by atoms with Crippen LogP contribution < -0.4 is 5.56 Å². The highest BCUT2D eigenvalue weighted by Gasteiger charge is 2.17. The van der Waals surface area contributed by atoms with Crippen LogP contribution in [0.2, 0.25) is 0 Å². The number of rotatable bonds is 4. The number of carbonyl (C=O) groups is 1. The molecule has 15 heavy (non-hydrogen) atoms. The fourth-order valence-electron chi connectivity index (χ4n) is 1.17. The van der Waals surface area contributed by atoms with E-state index < -0.39 is 0 Å². The van der Waals surface area contributed by atoms with Crippen LogP contribution >= 0.6 is 0 Å². The summed E-state index contributed by atoms with van der Waals surface area (Å²) in [5.41, 5.74) is -0.234. The van der Waals surface area contributed by atoms with E-state index in [1.807, 2.05) is 20.8 Å². The van der Waals surface area contributed by atoms with Crippen molar-refractivity contribution in [2.75, 3.05) is 0 Å². The Kier molecular flexibility index (Phi) is 3.77. The van der Waals surface area contributed by atoms with Crippen molar-refractivity contribution in [3.8, 4) is 0 Å². The predicted molar refractivity (Wildman–Crippen MR) is 57.5 cm³/mol. The van der Waals surface area contributed by atoms with E-state index in [9.17, 15) is 9.59 Å². The molecular weight excluding hydrogens is 192 g/mol. The Labute approximate surface area is 88.9 Å². The third-order valence-electron chi connectivity index (χ3n) is 2.60. The van der Waals surface area contributed by atoms with Crippen molar-refractivity contribution in [3.05, 3.63) is 28.7 Å². The molecule has 0 radical (unpaired) electrons. The maximum Gasteiger partial charge on any atom is 0.267 e. The van der Waals surface area contributed by atoms with Crippen molar-refractivity contribution < 1.29 is 4.79 Å². The van der Waals surface area contributed by atoms with Crippen LogP contribution in [0.1, 0.15) is 20.8 Å². The molecule has 4 nitrogen and oxygen atoms in total. The van der Waals surface area contributed by atoms with Crippen molar-refractivity contribution in [1.29, 1.82) is 0 Å². The molecule has 82 valence electrons. The summed E-state index contributed by atoms with van der Waals surface area (Å²) in [4.78, 5) is 23.0. The smallest absolute Gasteiger partial charge is 0.267 e. The van der Waals surface area contributed by atoms with Gasteiger partial charge in [0.2, 0.25) is 0 Å². The maximum absolute atomic E-state index is 11.7. The molecule has 1 aromatic heterocycles. The Morgan fingerprint density at radius 3 is 2.67 bits per heavy atom. The van der Waals surface area contributed by atoms with E-state index in [1.54, 1.807) is 6.07 Å². The number of carbonyl (C=O) groups excluding carboxylic acids is 1. The Morgan fingerprint density at radius 2 is 2.13 bits per heavy atom. The third-order valence-corrected chi connectivity index (χ3v) is 2.60. The first-order valence-electron chi connectivity index (χ1n) is 5.07. The number of aromatic nitrogens is 2. The lowest BCUT2D eigenvalue weighted by atomic mass is 9.94. The SMILES string of the molecule is CC(C)C(C)C(=O)Cn1ncccc1=O. The van der Waals surface area contributed by atoms with Crippen LogP contribution in [-0.2, 0) is 11.3 Å². The molecule has 0 saturated heterocycles.